The molecule has 0 spiro atoms. The molecule has 0 aromatic carbocycles. The fourth-order valence-corrected chi connectivity index (χ4v) is 2.25. The van der Waals surface area contributed by atoms with E-state index in [4.69, 9.17) is 9.84 Å². The summed E-state index contributed by atoms with van der Waals surface area (Å²) in [5, 5.41) is 17.0. The highest BCUT2D eigenvalue weighted by Gasteiger charge is 2.15. The maximum Gasteiger partial charge on any atom is 0.253 e. The number of aromatic nitrogens is 3. The molecule has 2 heterocycles. The van der Waals surface area contributed by atoms with E-state index in [9.17, 15) is 4.79 Å². The van der Waals surface area contributed by atoms with Gasteiger partial charge in [0, 0.05) is 32.3 Å². The van der Waals surface area contributed by atoms with E-state index >= 15 is 0 Å². The van der Waals surface area contributed by atoms with Gasteiger partial charge >= 0.3 is 0 Å². The predicted molar refractivity (Wildman–Crippen MR) is 78.1 cm³/mol. The summed E-state index contributed by atoms with van der Waals surface area (Å²) in [4.78, 5) is 16.5. The molecular formula is C14H20N4O3. The van der Waals surface area contributed by atoms with Crippen LogP contribution in [0.1, 0.15) is 22.5 Å². The number of rotatable bonds is 6. The van der Waals surface area contributed by atoms with Gasteiger partial charge in [0.2, 0.25) is 0 Å². The van der Waals surface area contributed by atoms with Gasteiger partial charge in [0.1, 0.15) is 0 Å². The van der Waals surface area contributed by atoms with Gasteiger partial charge in [0.15, 0.2) is 5.65 Å². The van der Waals surface area contributed by atoms with Crippen LogP contribution in [-0.4, -0.2) is 52.1 Å². The number of nitrogens with zero attached hydrogens (tertiary/aromatic N) is 3. The molecule has 2 N–H and O–H groups in total. The monoisotopic (exact) mass is 292 g/mol. The summed E-state index contributed by atoms with van der Waals surface area (Å²) in [6.07, 6.45) is 1.97. The number of ether oxygens (including phenoxy) is 1. The number of fused-ring (bicyclic) bond motifs is 1. The van der Waals surface area contributed by atoms with Gasteiger partial charge in [-0.15, -0.1) is 0 Å². The molecular weight excluding hydrogens is 272 g/mol. The Balaban J connectivity index is 2.20. The van der Waals surface area contributed by atoms with Crippen molar-refractivity contribution in [3.8, 4) is 0 Å². The first-order valence-electron chi connectivity index (χ1n) is 6.76. The minimum absolute atomic E-state index is 0.00664. The highest BCUT2D eigenvalue weighted by molar-refractivity contribution is 5.97. The number of aliphatic hydroxyl groups excluding tert-OH is 1. The summed E-state index contributed by atoms with van der Waals surface area (Å²) < 4.78 is 6.72. The van der Waals surface area contributed by atoms with Crippen LogP contribution in [0.25, 0.3) is 11.0 Å². The number of amides is 1. The van der Waals surface area contributed by atoms with Crippen LogP contribution in [0.2, 0.25) is 0 Å². The van der Waals surface area contributed by atoms with Gasteiger partial charge in [0.05, 0.1) is 23.9 Å². The second-order valence-corrected chi connectivity index (χ2v) is 4.94. The molecule has 0 radical (unpaired) electrons. The predicted octanol–water partition coefficient (Wildman–Crippen LogP) is 0.404. The molecule has 1 atom stereocenters. The smallest absolute Gasteiger partial charge is 0.253 e. The lowest BCUT2D eigenvalue weighted by molar-refractivity contribution is 0.0878. The van der Waals surface area contributed by atoms with Crippen molar-refractivity contribution in [2.24, 2.45) is 7.05 Å². The first kappa shape index (κ1) is 15.4. The standard InChI is InChI=1S/C14H20N4O3/c1-9-12-6-10(7-15-13(12)18(2)17-9)14(20)16-11(4-5-19)8-21-3/h6-7,11,19H,4-5,8H2,1-3H3,(H,16,20). The summed E-state index contributed by atoms with van der Waals surface area (Å²) in [7, 11) is 3.38. The molecule has 0 saturated heterocycles. The van der Waals surface area contributed by atoms with E-state index in [0.717, 1.165) is 16.7 Å². The molecule has 7 nitrogen and oxygen atoms in total. The largest absolute Gasteiger partial charge is 0.396 e. The molecule has 0 fully saturated rings. The Kier molecular flexibility index (Phi) is 4.87. The van der Waals surface area contributed by atoms with Crippen LogP contribution < -0.4 is 5.32 Å². The Morgan fingerprint density at radius 2 is 2.33 bits per heavy atom. The highest BCUT2D eigenvalue weighted by atomic mass is 16.5. The van der Waals surface area contributed by atoms with Gasteiger partial charge in [-0.3, -0.25) is 9.48 Å². The van der Waals surface area contributed by atoms with Crippen LogP contribution in [0, 0.1) is 6.92 Å². The fourth-order valence-electron chi connectivity index (χ4n) is 2.25. The van der Waals surface area contributed by atoms with Crippen molar-refractivity contribution in [1.82, 2.24) is 20.1 Å². The lowest BCUT2D eigenvalue weighted by Gasteiger charge is -2.16. The third kappa shape index (κ3) is 3.37. The molecule has 1 unspecified atom stereocenters. The minimum Gasteiger partial charge on any atom is -0.396 e. The Bertz CT molecular complexity index is 632. The quantitative estimate of drug-likeness (QED) is 0.804. The van der Waals surface area contributed by atoms with Crippen LogP contribution >= 0.6 is 0 Å². The lowest BCUT2D eigenvalue weighted by Crippen LogP contribution is -2.38. The van der Waals surface area contributed by atoms with Crippen molar-refractivity contribution in [3.63, 3.8) is 0 Å². The van der Waals surface area contributed by atoms with Crippen molar-refractivity contribution in [3.05, 3.63) is 23.5 Å². The second-order valence-electron chi connectivity index (χ2n) is 4.94. The Labute approximate surface area is 122 Å². The van der Waals surface area contributed by atoms with E-state index in [1.54, 1.807) is 17.9 Å². The number of methoxy groups -OCH3 is 1. The van der Waals surface area contributed by atoms with E-state index in [1.807, 2.05) is 14.0 Å². The molecule has 0 aliphatic heterocycles. The van der Waals surface area contributed by atoms with Crippen molar-refractivity contribution in [1.29, 1.82) is 0 Å². The highest BCUT2D eigenvalue weighted by Crippen LogP contribution is 2.16. The Hall–Kier alpha value is -1.99. The van der Waals surface area contributed by atoms with E-state index in [0.29, 0.717) is 18.6 Å². The van der Waals surface area contributed by atoms with Gasteiger partial charge in [-0.2, -0.15) is 5.10 Å². The average molecular weight is 292 g/mol. The molecule has 21 heavy (non-hydrogen) atoms. The topological polar surface area (TPSA) is 89.3 Å². The molecule has 0 saturated carbocycles. The minimum atomic E-state index is -0.233. The first-order valence-corrected chi connectivity index (χ1v) is 6.76. The van der Waals surface area contributed by atoms with E-state index in [2.05, 4.69) is 15.4 Å². The van der Waals surface area contributed by atoms with Crippen molar-refractivity contribution < 1.29 is 14.6 Å². The summed E-state index contributed by atoms with van der Waals surface area (Å²) >= 11 is 0. The SMILES string of the molecule is COCC(CCO)NC(=O)c1cnc2c(c1)c(C)nn2C. The average Bonchev–Trinajstić information content (AvgIpc) is 2.74. The molecule has 2 rings (SSSR count). The first-order chi connectivity index (χ1) is 10.1. The van der Waals surface area contributed by atoms with Gasteiger partial charge in [-0.1, -0.05) is 0 Å². The number of aliphatic hydroxyl groups is 1. The van der Waals surface area contributed by atoms with Gasteiger partial charge in [0.25, 0.3) is 5.91 Å². The number of hydrogen-bond donors (Lipinski definition) is 2. The summed E-state index contributed by atoms with van der Waals surface area (Å²) in [5.74, 6) is -0.233. The summed E-state index contributed by atoms with van der Waals surface area (Å²) in [5.41, 5.74) is 2.05. The van der Waals surface area contributed by atoms with E-state index in [1.165, 1.54) is 6.20 Å². The lowest BCUT2D eigenvalue weighted by atomic mass is 10.1. The van der Waals surface area contributed by atoms with Crippen LogP contribution in [0.3, 0.4) is 0 Å². The van der Waals surface area contributed by atoms with Crippen LogP contribution in [-0.2, 0) is 11.8 Å². The molecule has 7 heteroatoms. The fraction of sp³-hybridized carbons (Fsp3) is 0.500. The zero-order valence-electron chi connectivity index (χ0n) is 12.5. The zero-order chi connectivity index (χ0) is 15.4. The third-order valence-electron chi connectivity index (χ3n) is 3.31. The Morgan fingerprint density at radius 1 is 1.57 bits per heavy atom. The van der Waals surface area contributed by atoms with Crippen LogP contribution in [0.5, 0.6) is 0 Å². The number of pyridine rings is 1. The van der Waals surface area contributed by atoms with E-state index < -0.39 is 0 Å². The van der Waals surface area contributed by atoms with Gasteiger partial charge in [-0.05, 0) is 19.4 Å². The number of nitrogens with one attached hydrogen (secondary N) is 1. The second kappa shape index (κ2) is 6.64. The molecule has 0 bridgehead atoms. The molecule has 2 aromatic rings. The van der Waals surface area contributed by atoms with Crippen LogP contribution in [0.4, 0.5) is 0 Å². The summed E-state index contributed by atoms with van der Waals surface area (Å²) in [6.45, 7) is 2.23. The normalized spacial score (nSPS) is 12.6. The summed E-state index contributed by atoms with van der Waals surface area (Å²) in [6, 6.07) is 1.56. The van der Waals surface area contributed by atoms with Crippen molar-refractivity contribution >= 4 is 16.9 Å². The molecule has 0 aliphatic rings. The molecule has 2 aromatic heterocycles. The van der Waals surface area contributed by atoms with E-state index in [-0.39, 0.29) is 18.6 Å². The number of carbonyl (C=O) groups excluding carboxylic acids is 1. The number of aryl methyl sites for hydroxylation is 2. The van der Waals surface area contributed by atoms with Gasteiger partial charge in [-0.25, -0.2) is 4.98 Å². The Morgan fingerprint density at radius 3 is 3.00 bits per heavy atom. The molecule has 1 amide bonds. The maximum atomic E-state index is 12.3. The third-order valence-corrected chi connectivity index (χ3v) is 3.31. The zero-order valence-corrected chi connectivity index (χ0v) is 12.5. The van der Waals surface area contributed by atoms with Crippen LogP contribution in [0.15, 0.2) is 12.3 Å². The molecule has 114 valence electrons. The van der Waals surface area contributed by atoms with Crippen molar-refractivity contribution in [2.75, 3.05) is 20.3 Å². The molecule has 0 aliphatic carbocycles. The number of carbonyl (C=O) groups is 1. The number of hydrogen-bond acceptors (Lipinski definition) is 5. The van der Waals surface area contributed by atoms with Crippen molar-refractivity contribution in [2.45, 2.75) is 19.4 Å². The van der Waals surface area contributed by atoms with Gasteiger partial charge < -0.3 is 15.2 Å². The maximum absolute atomic E-state index is 12.3.